The molecule has 0 N–H and O–H groups in total. The summed E-state index contributed by atoms with van der Waals surface area (Å²) in [7, 11) is 0. The molecule has 0 nitrogen and oxygen atoms in total. The van der Waals surface area contributed by atoms with E-state index in [0.717, 1.165) is 3.53 Å². The largest absolute Gasteiger partial charge is 0.113 e. The average Bonchev–Trinajstić information content (AvgIpc) is 2.41. The molecule has 2 aromatic rings. The number of thiocarbonyl (C=S) groups is 1. The first-order chi connectivity index (χ1) is 8.84. The minimum atomic E-state index is 0.911. The molecule has 0 saturated heterocycles. The Morgan fingerprint density at radius 3 is 2.17 bits per heavy atom. The van der Waals surface area contributed by atoms with Gasteiger partial charge in [-0.1, -0.05) is 84.3 Å². The summed E-state index contributed by atoms with van der Waals surface area (Å²) in [6.07, 6.45) is 2.07. The predicted octanol–water partition coefficient (Wildman–Crippen LogP) is 5.47. The van der Waals surface area contributed by atoms with Crippen LogP contribution in [0.25, 0.3) is 6.08 Å². The summed E-state index contributed by atoms with van der Waals surface area (Å²) in [6.45, 7) is 0. The maximum Gasteiger partial charge on any atom is 0.113 e. The molecule has 0 saturated carbocycles. The topological polar surface area (TPSA) is 0 Å². The van der Waals surface area contributed by atoms with Crippen LogP contribution >= 0.6 is 35.7 Å². The van der Waals surface area contributed by atoms with E-state index in [1.165, 1.54) is 10.5 Å². The molecule has 2 rings (SSSR count). The summed E-state index contributed by atoms with van der Waals surface area (Å²) < 4.78 is 0.911. The van der Waals surface area contributed by atoms with Crippen LogP contribution in [0.15, 0.2) is 71.0 Å². The predicted molar refractivity (Wildman–Crippen MR) is 88.0 cm³/mol. The number of rotatable bonds is 3. The normalized spacial score (nSPS) is 10.7. The first kappa shape index (κ1) is 13.4. The lowest BCUT2D eigenvalue weighted by molar-refractivity contribution is 1.48. The molecule has 0 heterocycles. The van der Waals surface area contributed by atoms with Crippen molar-refractivity contribution in [2.75, 3.05) is 0 Å². The van der Waals surface area contributed by atoms with E-state index in [1.807, 2.05) is 41.8 Å². The van der Waals surface area contributed by atoms with E-state index in [2.05, 4.69) is 30.3 Å². The molecule has 90 valence electrons. The van der Waals surface area contributed by atoms with Gasteiger partial charge in [0.25, 0.3) is 0 Å². The van der Waals surface area contributed by atoms with E-state index in [-0.39, 0.29) is 0 Å². The van der Waals surface area contributed by atoms with Gasteiger partial charge in [-0.3, -0.25) is 0 Å². The van der Waals surface area contributed by atoms with E-state index in [0.29, 0.717) is 0 Å². The van der Waals surface area contributed by atoms with Crippen molar-refractivity contribution in [3.8, 4) is 0 Å². The SMILES string of the molecule is S=C(S/C=C/c1ccccc1)Sc1ccccc1. The molecule has 0 bridgehead atoms. The van der Waals surface area contributed by atoms with Gasteiger partial charge in [-0.2, -0.15) is 0 Å². The summed E-state index contributed by atoms with van der Waals surface area (Å²) in [5.41, 5.74) is 1.19. The van der Waals surface area contributed by atoms with Gasteiger partial charge in [0.05, 0.1) is 0 Å². The van der Waals surface area contributed by atoms with Gasteiger partial charge < -0.3 is 0 Å². The van der Waals surface area contributed by atoms with Gasteiger partial charge in [0.2, 0.25) is 0 Å². The van der Waals surface area contributed by atoms with E-state index >= 15 is 0 Å². The van der Waals surface area contributed by atoms with E-state index in [4.69, 9.17) is 12.2 Å². The van der Waals surface area contributed by atoms with Gasteiger partial charge >= 0.3 is 0 Å². The Balaban J connectivity index is 1.84. The Morgan fingerprint density at radius 2 is 1.50 bits per heavy atom. The van der Waals surface area contributed by atoms with Crippen LogP contribution in [-0.2, 0) is 0 Å². The first-order valence-corrected chi connectivity index (χ1v) is 7.60. The van der Waals surface area contributed by atoms with Crippen LogP contribution in [0.4, 0.5) is 0 Å². The zero-order valence-corrected chi connectivity index (χ0v) is 12.1. The lowest BCUT2D eigenvalue weighted by Gasteiger charge is -1.99. The third-order valence-corrected chi connectivity index (χ3v) is 4.39. The van der Waals surface area contributed by atoms with E-state index < -0.39 is 0 Å². The zero-order valence-electron chi connectivity index (χ0n) is 9.65. The molecule has 0 aliphatic heterocycles. The van der Waals surface area contributed by atoms with Gasteiger partial charge in [-0.25, -0.2) is 0 Å². The number of benzene rings is 2. The maximum atomic E-state index is 5.33. The molecule has 0 amide bonds. The highest BCUT2D eigenvalue weighted by molar-refractivity contribution is 8.48. The molecule has 0 aliphatic carbocycles. The van der Waals surface area contributed by atoms with Crippen LogP contribution in [-0.4, -0.2) is 3.53 Å². The Bertz CT molecular complexity index is 518. The molecule has 0 unspecified atom stereocenters. The molecule has 0 spiro atoms. The minimum absolute atomic E-state index is 0.911. The Kier molecular flexibility index (Phi) is 5.52. The van der Waals surface area contributed by atoms with Crippen LogP contribution in [0.5, 0.6) is 0 Å². The minimum Gasteiger partial charge on any atom is -0.0791 e. The molecule has 2 aromatic carbocycles. The monoisotopic (exact) mass is 288 g/mol. The van der Waals surface area contributed by atoms with E-state index in [1.54, 1.807) is 23.5 Å². The molecule has 18 heavy (non-hydrogen) atoms. The fourth-order valence-electron chi connectivity index (χ4n) is 1.34. The van der Waals surface area contributed by atoms with Crippen LogP contribution < -0.4 is 0 Å². The van der Waals surface area contributed by atoms with Crippen LogP contribution in [0, 0.1) is 0 Å². The fraction of sp³-hybridized carbons (Fsp3) is 0. The third kappa shape index (κ3) is 4.69. The summed E-state index contributed by atoms with van der Waals surface area (Å²) in [6, 6.07) is 20.4. The summed E-state index contributed by atoms with van der Waals surface area (Å²) in [4.78, 5) is 1.18. The van der Waals surface area contributed by atoms with Crippen LogP contribution in [0.3, 0.4) is 0 Å². The van der Waals surface area contributed by atoms with Gasteiger partial charge in [0.1, 0.15) is 3.53 Å². The standard InChI is InChI=1S/C15H12S3/c16-15(18-14-9-5-2-6-10-14)17-12-11-13-7-3-1-4-8-13/h1-12H/b12-11+. The molecule has 0 radical (unpaired) electrons. The summed E-state index contributed by atoms with van der Waals surface area (Å²) in [5, 5.41) is 2.04. The van der Waals surface area contributed by atoms with Crippen molar-refractivity contribution < 1.29 is 0 Å². The van der Waals surface area contributed by atoms with Crippen LogP contribution in [0.2, 0.25) is 0 Å². The van der Waals surface area contributed by atoms with Gasteiger partial charge in [-0.05, 0) is 29.2 Å². The lowest BCUT2D eigenvalue weighted by Crippen LogP contribution is -1.77. The molecule has 0 aliphatic rings. The Morgan fingerprint density at radius 1 is 0.889 bits per heavy atom. The highest BCUT2D eigenvalue weighted by atomic mass is 32.2. The van der Waals surface area contributed by atoms with Crippen molar-refractivity contribution in [2.24, 2.45) is 0 Å². The van der Waals surface area contributed by atoms with Crippen molar-refractivity contribution in [1.29, 1.82) is 0 Å². The van der Waals surface area contributed by atoms with Gasteiger partial charge in [0.15, 0.2) is 0 Å². The first-order valence-electron chi connectivity index (χ1n) is 5.50. The number of hydrogen-bond acceptors (Lipinski definition) is 3. The molecule has 3 heteroatoms. The van der Waals surface area contributed by atoms with Crippen molar-refractivity contribution in [3.63, 3.8) is 0 Å². The zero-order chi connectivity index (χ0) is 12.6. The smallest absolute Gasteiger partial charge is 0.0791 e. The average molecular weight is 288 g/mol. The van der Waals surface area contributed by atoms with Gasteiger partial charge in [-0.15, -0.1) is 0 Å². The highest BCUT2D eigenvalue weighted by Gasteiger charge is 1.98. The molecule has 0 atom stereocenters. The Hall–Kier alpha value is -1.03. The number of hydrogen-bond donors (Lipinski definition) is 0. The van der Waals surface area contributed by atoms with Crippen molar-refractivity contribution >= 4 is 45.3 Å². The maximum absolute atomic E-state index is 5.33. The van der Waals surface area contributed by atoms with Crippen molar-refractivity contribution in [3.05, 3.63) is 71.6 Å². The summed E-state index contributed by atoms with van der Waals surface area (Å²) in [5.74, 6) is 0. The summed E-state index contributed by atoms with van der Waals surface area (Å²) >= 11 is 8.53. The van der Waals surface area contributed by atoms with Crippen LogP contribution in [0.1, 0.15) is 5.56 Å². The molecular weight excluding hydrogens is 276 g/mol. The Labute approximate surface area is 121 Å². The second kappa shape index (κ2) is 7.41. The highest BCUT2D eigenvalue weighted by Crippen LogP contribution is 2.26. The number of thioether (sulfide) groups is 2. The second-order valence-electron chi connectivity index (χ2n) is 3.50. The van der Waals surface area contributed by atoms with E-state index in [9.17, 15) is 0 Å². The fourth-order valence-corrected chi connectivity index (χ4v) is 3.27. The molecule has 0 aromatic heterocycles. The molecular formula is C15H12S3. The lowest BCUT2D eigenvalue weighted by atomic mass is 10.2. The molecule has 0 fully saturated rings. The quantitative estimate of drug-likeness (QED) is 0.543. The van der Waals surface area contributed by atoms with Crippen molar-refractivity contribution in [1.82, 2.24) is 0 Å². The second-order valence-corrected chi connectivity index (χ2v) is 6.68. The van der Waals surface area contributed by atoms with Crippen molar-refractivity contribution in [2.45, 2.75) is 4.90 Å². The van der Waals surface area contributed by atoms with Gasteiger partial charge in [0, 0.05) is 4.90 Å². The third-order valence-electron chi connectivity index (χ3n) is 2.17.